The van der Waals surface area contributed by atoms with Gasteiger partial charge in [-0.2, -0.15) is 0 Å². The predicted octanol–water partition coefficient (Wildman–Crippen LogP) is 11.1. The standard InChI is InChI=1S/C46H40S/c1-3-18-33-29(13-1)15-12-25-34(33)30-16-11-17-32(27-30)43-36-20-5-7-22-38(36)44(39-23-8-6-21-37(39)43)41-28-31-14-2-4-19-35(31)45-40-24-9-10-26-42(40)47-46(41)45/h1-5,7,9-11,13-14,16-27,31,38,40-42,44,46H,6,8,12,15,28H2. The Hall–Kier alpha value is -4.07. The molecule has 0 bridgehead atoms. The molecular formula is C46H40S. The highest BCUT2D eigenvalue weighted by Gasteiger charge is 2.52. The van der Waals surface area contributed by atoms with Crippen LogP contribution in [0.15, 0.2) is 168 Å². The third kappa shape index (κ3) is 4.42. The Balaban J connectivity index is 1.11. The zero-order valence-electron chi connectivity index (χ0n) is 26.8. The normalized spacial score (nSPS) is 32.5. The first kappa shape index (κ1) is 28.0. The number of benzene rings is 2. The largest absolute Gasteiger partial charge is 0.145 e. The van der Waals surface area contributed by atoms with Gasteiger partial charge < -0.3 is 0 Å². The summed E-state index contributed by atoms with van der Waals surface area (Å²) in [7, 11) is 0. The molecule has 0 nitrogen and oxygen atoms in total. The molecule has 0 aromatic heterocycles. The Bertz CT molecular complexity index is 2020. The molecular weight excluding hydrogens is 585 g/mol. The summed E-state index contributed by atoms with van der Waals surface area (Å²) in [6, 6.07) is 18.5. The summed E-state index contributed by atoms with van der Waals surface area (Å²) in [5.74, 6) is 2.51. The Morgan fingerprint density at radius 3 is 2.40 bits per heavy atom. The number of hydrogen-bond donors (Lipinski definition) is 0. The number of allylic oxidation sites excluding steroid dienone is 19. The van der Waals surface area contributed by atoms with Gasteiger partial charge >= 0.3 is 0 Å². The Morgan fingerprint density at radius 2 is 1.43 bits per heavy atom. The lowest BCUT2D eigenvalue weighted by Gasteiger charge is -2.48. The first-order valence-electron chi connectivity index (χ1n) is 17.8. The van der Waals surface area contributed by atoms with Gasteiger partial charge in [0.25, 0.3) is 0 Å². The van der Waals surface area contributed by atoms with Crippen LogP contribution < -0.4 is 0 Å². The molecule has 7 unspecified atom stereocenters. The second kappa shape index (κ2) is 11.3. The zero-order chi connectivity index (χ0) is 30.9. The third-order valence-electron chi connectivity index (χ3n) is 12.0. The molecule has 1 heterocycles. The molecule has 0 N–H and O–H groups in total. The fourth-order valence-electron chi connectivity index (χ4n) is 10.1. The molecule has 2 aromatic rings. The van der Waals surface area contributed by atoms with Crippen molar-refractivity contribution in [1.29, 1.82) is 0 Å². The van der Waals surface area contributed by atoms with Crippen molar-refractivity contribution < 1.29 is 0 Å². The first-order valence-corrected chi connectivity index (χ1v) is 18.8. The number of hydrogen-bond acceptors (Lipinski definition) is 1. The van der Waals surface area contributed by atoms with E-state index in [-0.39, 0.29) is 0 Å². The minimum absolute atomic E-state index is 0.389. The second-order valence-electron chi connectivity index (χ2n) is 14.4. The second-order valence-corrected chi connectivity index (χ2v) is 15.7. The molecule has 0 radical (unpaired) electrons. The van der Waals surface area contributed by atoms with Gasteiger partial charge in [0.15, 0.2) is 0 Å². The van der Waals surface area contributed by atoms with Gasteiger partial charge in [-0.15, -0.1) is 11.8 Å². The molecule has 7 aliphatic carbocycles. The van der Waals surface area contributed by atoms with Crippen LogP contribution in [0.3, 0.4) is 0 Å². The van der Waals surface area contributed by atoms with Crippen molar-refractivity contribution in [1.82, 2.24) is 0 Å². The van der Waals surface area contributed by atoms with Crippen LogP contribution in [0.2, 0.25) is 0 Å². The Kier molecular flexibility index (Phi) is 6.71. The molecule has 230 valence electrons. The minimum Gasteiger partial charge on any atom is -0.145 e. The van der Waals surface area contributed by atoms with E-state index >= 15 is 0 Å². The lowest BCUT2D eigenvalue weighted by molar-refractivity contribution is 0.281. The van der Waals surface area contributed by atoms with Crippen molar-refractivity contribution in [2.45, 2.75) is 42.6 Å². The van der Waals surface area contributed by atoms with Crippen molar-refractivity contribution >= 4 is 22.9 Å². The molecule has 1 saturated heterocycles. The molecule has 1 heteroatoms. The van der Waals surface area contributed by atoms with Crippen molar-refractivity contribution in [2.75, 3.05) is 0 Å². The van der Waals surface area contributed by atoms with Gasteiger partial charge in [-0.3, -0.25) is 0 Å². The fourth-order valence-corrected chi connectivity index (χ4v) is 12.0. The van der Waals surface area contributed by atoms with E-state index in [1.54, 1.807) is 16.7 Å². The molecule has 0 saturated carbocycles. The smallest absolute Gasteiger partial charge is 0.0337 e. The molecule has 8 aliphatic rings. The van der Waals surface area contributed by atoms with Crippen molar-refractivity contribution in [2.24, 2.45) is 29.6 Å². The van der Waals surface area contributed by atoms with Crippen LogP contribution in [-0.2, 0) is 6.42 Å². The summed E-state index contributed by atoms with van der Waals surface area (Å²) in [4.78, 5) is 0. The number of thioether (sulfide) groups is 1. The average molecular weight is 625 g/mol. The van der Waals surface area contributed by atoms with Crippen LogP contribution in [0.5, 0.6) is 0 Å². The van der Waals surface area contributed by atoms with E-state index in [9.17, 15) is 0 Å². The highest BCUT2D eigenvalue weighted by atomic mass is 32.2. The van der Waals surface area contributed by atoms with E-state index in [2.05, 4.69) is 151 Å². The third-order valence-corrected chi connectivity index (χ3v) is 13.6. The molecule has 7 atom stereocenters. The zero-order valence-corrected chi connectivity index (χ0v) is 27.6. The maximum absolute atomic E-state index is 2.65. The van der Waals surface area contributed by atoms with Gasteiger partial charge in [-0.05, 0) is 111 Å². The predicted molar refractivity (Wildman–Crippen MR) is 200 cm³/mol. The van der Waals surface area contributed by atoms with Crippen LogP contribution in [0, 0.1) is 29.6 Å². The van der Waals surface area contributed by atoms with E-state index in [0.717, 1.165) is 25.7 Å². The molecule has 0 amide bonds. The maximum atomic E-state index is 2.65. The average Bonchev–Trinajstić information content (AvgIpc) is 3.54. The van der Waals surface area contributed by atoms with Gasteiger partial charge in [0.1, 0.15) is 0 Å². The van der Waals surface area contributed by atoms with Gasteiger partial charge in [0, 0.05) is 28.3 Å². The van der Waals surface area contributed by atoms with Gasteiger partial charge in [0.2, 0.25) is 0 Å². The highest BCUT2D eigenvalue weighted by Crippen LogP contribution is 2.61. The molecule has 10 rings (SSSR count). The summed E-state index contributed by atoms with van der Waals surface area (Å²) >= 11 is 2.26. The molecule has 2 aromatic carbocycles. The van der Waals surface area contributed by atoms with E-state index < -0.39 is 0 Å². The maximum Gasteiger partial charge on any atom is 0.0337 e. The van der Waals surface area contributed by atoms with Gasteiger partial charge in [-0.1, -0.05) is 134 Å². The van der Waals surface area contributed by atoms with E-state index in [0.29, 0.717) is 40.1 Å². The van der Waals surface area contributed by atoms with Crippen LogP contribution in [0.25, 0.3) is 11.1 Å². The highest BCUT2D eigenvalue weighted by molar-refractivity contribution is 8.01. The summed E-state index contributed by atoms with van der Waals surface area (Å²) in [6.45, 7) is 0. The number of fused-ring (bicyclic) bond motifs is 7. The Morgan fingerprint density at radius 1 is 0.638 bits per heavy atom. The summed E-state index contributed by atoms with van der Waals surface area (Å²) in [5.41, 5.74) is 16.4. The van der Waals surface area contributed by atoms with Gasteiger partial charge in [0.05, 0.1) is 0 Å². The molecule has 1 fully saturated rings. The quantitative estimate of drug-likeness (QED) is 0.327. The summed E-state index contributed by atoms with van der Waals surface area (Å²) in [6.07, 6.45) is 42.2. The van der Waals surface area contributed by atoms with Crippen molar-refractivity contribution in [3.05, 3.63) is 190 Å². The van der Waals surface area contributed by atoms with Crippen LogP contribution in [0.1, 0.15) is 47.9 Å². The SMILES string of the molecule is C1=CC2=C3C4C=CC=CC4SC3C(C3C4=CCCC=C4C(c4cccc(C5=CCCc6ccccc65)c4)=C4C=CC=CC43)CC2C=C1. The van der Waals surface area contributed by atoms with Crippen LogP contribution in [-0.4, -0.2) is 10.5 Å². The summed E-state index contributed by atoms with van der Waals surface area (Å²) in [5, 5.41) is 1.11. The molecule has 0 spiro atoms. The lowest BCUT2D eigenvalue weighted by atomic mass is 9.57. The van der Waals surface area contributed by atoms with Crippen LogP contribution in [0.4, 0.5) is 0 Å². The monoisotopic (exact) mass is 624 g/mol. The van der Waals surface area contributed by atoms with Crippen molar-refractivity contribution in [3.63, 3.8) is 0 Å². The van der Waals surface area contributed by atoms with E-state index in [1.807, 2.05) is 0 Å². The van der Waals surface area contributed by atoms with Gasteiger partial charge in [-0.25, -0.2) is 0 Å². The van der Waals surface area contributed by atoms with E-state index in [4.69, 9.17) is 0 Å². The lowest BCUT2D eigenvalue weighted by Crippen LogP contribution is -2.40. The molecule has 1 aliphatic heterocycles. The first-order chi connectivity index (χ1) is 23.3. The fraction of sp³-hybridized carbons (Fsp3) is 0.261. The Labute approximate surface area is 283 Å². The van der Waals surface area contributed by atoms with Crippen LogP contribution >= 0.6 is 11.8 Å². The molecule has 47 heavy (non-hydrogen) atoms. The van der Waals surface area contributed by atoms with E-state index in [1.165, 1.54) is 51.0 Å². The number of rotatable bonds is 3. The summed E-state index contributed by atoms with van der Waals surface area (Å²) < 4.78 is 0. The number of aryl methyl sites for hydroxylation is 1. The minimum atomic E-state index is 0.389. The topological polar surface area (TPSA) is 0 Å². The van der Waals surface area contributed by atoms with Crippen molar-refractivity contribution in [3.8, 4) is 0 Å².